The minimum absolute atomic E-state index is 0.253. The van der Waals surface area contributed by atoms with Crippen molar-refractivity contribution in [1.29, 1.82) is 0 Å². The van der Waals surface area contributed by atoms with Gasteiger partial charge in [-0.05, 0) is 0 Å². The van der Waals surface area contributed by atoms with E-state index in [-0.39, 0.29) is 11.2 Å². The lowest BCUT2D eigenvalue weighted by Gasteiger charge is -2.27. The Morgan fingerprint density at radius 1 is 0.966 bits per heavy atom. The van der Waals surface area contributed by atoms with Gasteiger partial charge < -0.3 is 24.0 Å². The molecule has 4 rings (SSSR count). The van der Waals surface area contributed by atoms with Crippen LogP contribution in [0.3, 0.4) is 0 Å². The molecule has 2 saturated heterocycles. The molecule has 0 amide bonds. The van der Waals surface area contributed by atoms with E-state index in [2.05, 4.69) is 11.6 Å². The summed E-state index contributed by atoms with van der Waals surface area (Å²) in [6, 6.07) is 0. The summed E-state index contributed by atoms with van der Waals surface area (Å²) in [6.45, 7) is 10.5. The van der Waals surface area contributed by atoms with Crippen LogP contribution in [-0.2, 0) is 31.9 Å². The van der Waals surface area contributed by atoms with Crippen molar-refractivity contribution < 1.29 is 19.4 Å². The number of imidazole rings is 1. The molecule has 2 fully saturated rings. The van der Waals surface area contributed by atoms with Gasteiger partial charge >= 0.3 is 5.69 Å². The van der Waals surface area contributed by atoms with E-state index in [0.29, 0.717) is 11.2 Å². The number of likely N-dealkylation sites (N-methyl/N-ethyl adjacent to an activating group) is 1. The summed E-state index contributed by atoms with van der Waals surface area (Å²) in [6.07, 6.45) is 0. The highest BCUT2D eigenvalue weighted by atomic mass is 16.5. The van der Waals surface area contributed by atoms with Gasteiger partial charge in [-0.3, -0.25) is 13.9 Å². The number of aromatic nitrogens is 4. The molecule has 0 unspecified atom stereocenters. The molecule has 0 atom stereocenters. The van der Waals surface area contributed by atoms with Crippen LogP contribution in [0.1, 0.15) is 5.82 Å². The highest BCUT2D eigenvalue weighted by molar-refractivity contribution is 5.71. The van der Waals surface area contributed by atoms with Crippen LogP contribution in [0.25, 0.3) is 11.2 Å². The summed E-state index contributed by atoms with van der Waals surface area (Å²) < 4.78 is 10.2. The van der Waals surface area contributed by atoms with E-state index in [1.807, 2.05) is 0 Å². The Hall–Kier alpha value is -2.01. The Kier molecular flexibility index (Phi) is 5.86. The van der Waals surface area contributed by atoms with E-state index in [1.165, 1.54) is 18.9 Å². The van der Waals surface area contributed by atoms with Gasteiger partial charge in [-0.1, -0.05) is 0 Å². The molecule has 4 heterocycles. The molecule has 0 spiro atoms. The predicted octanol–water partition coefficient (Wildman–Crippen LogP) is -5.74. The van der Waals surface area contributed by atoms with Crippen LogP contribution in [0, 0.1) is 0 Å². The molecule has 10 heteroatoms. The second-order valence-electron chi connectivity index (χ2n) is 8.55. The molecule has 0 aliphatic carbocycles. The van der Waals surface area contributed by atoms with Crippen LogP contribution in [0.4, 0.5) is 0 Å². The maximum Gasteiger partial charge on any atom is 0.332 e. The standard InChI is InChI=1S/C19H31N7O3/c1-21-4-6-25(7-5-21)14-15-20-17-16(18(27)23(3)19(28)22(17)2)26(15)9-8-24-10-12-29-13-11-24/h4-14H2,1-3H3/p+3. The normalized spacial score (nSPS) is 23.7. The Morgan fingerprint density at radius 2 is 1.66 bits per heavy atom. The van der Waals surface area contributed by atoms with Gasteiger partial charge in [0.2, 0.25) is 0 Å². The number of hydrogen-bond acceptors (Lipinski definition) is 4. The lowest BCUT2D eigenvalue weighted by molar-refractivity contribution is -1.01. The second kappa shape index (κ2) is 8.39. The molecule has 3 N–H and O–H groups in total. The number of hydrogen-bond donors (Lipinski definition) is 3. The van der Waals surface area contributed by atoms with Gasteiger partial charge in [0.25, 0.3) is 5.56 Å². The highest BCUT2D eigenvalue weighted by Gasteiger charge is 2.26. The predicted molar refractivity (Wildman–Crippen MR) is 108 cm³/mol. The van der Waals surface area contributed by atoms with Gasteiger partial charge in [-0.25, -0.2) is 9.78 Å². The van der Waals surface area contributed by atoms with Crippen LogP contribution in [0.2, 0.25) is 0 Å². The molecule has 0 radical (unpaired) electrons. The molecule has 10 nitrogen and oxygen atoms in total. The monoisotopic (exact) mass is 408 g/mol. The highest BCUT2D eigenvalue weighted by Crippen LogP contribution is 2.10. The van der Waals surface area contributed by atoms with E-state index >= 15 is 0 Å². The quantitative estimate of drug-likeness (QED) is 0.461. The Bertz CT molecular complexity index is 978. The molecule has 2 aliphatic heterocycles. The molecule has 2 aromatic heterocycles. The summed E-state index contributed by atoms with van der Waals surface area (Å²) in [4.78, 5) is 34.7. The van der Waals surface area contributed by atoms with Gasteiger partial charge in [0.15, 0.2) is 17.0 Å². The van der Waals surface area contributed by atoms with Crippen LogP contribution < -0.4 is 25.9 Å². The van der Waals surface area contributed by atoms with Crippen LogP contribution >= 0.6 is 0 Å². The molecule has 160 valence electrons. The van der Waals surface area contributed by atoms with Crippen LogP contribution in [-0.4, -0.2) is 84.8 Å². The van der Waals surface area contributed by atoms with Crippen molar-refractivity contribution in [3.05, 3.63) is 26.7 Å². The average molecular weight is 409 g/mol. The number of ether oxygens (including phenoxy) is 1. The zero-order valence-electron chi connectivity index (χ0n) is 17.8. The third-order valence-corrected chi connectivity index (χ3v) is 6.53. The van der Waals surface area contributed by atoms with Crippen molar-refractivity contribution in [2.75, 3.05) is 66.1 Å². The Balaban J connectivity index is 1.70. The lowest BCUT2D eigenvalue weighted by Crippen LogP contribution is -3.26. The zero-order valence-corrected chi connectivity index (χ0v) is 17.8. The molecule has 2 aromatic rings. The van der Waals surface area contributed by atoms with E-state index in [9.17, 15) is 9.59 Å². The summed E-state index contributed by atoms with van der Waals surface area (Å²) in [7, 11) is 5.48. The molecule has 0 saturated carbocycles. The van der Waals surface area contributed by atoms with Crippen molar-refractivity contribution in [2.45, 2.75) is 13.1 Å². The number of nitrogens with zero attached hydrogens (tertiary/aromatic N) is 4. The maximum atomic E-state index is 13.0. The van der Waals surface area contributed by atoms with Gasteiger partial charge in [-0.15, -0.1) is 0 Å². The van der Waals surface area contributed by atoms with Gasteiger partial charge in [0.05, 0.1) is 33.4 Å². The molecule has 0 aromatic carbocycles. The summed E-state index contributed by atoms with van der Waals surface area (Å²) in [5.74, 6) is 0.917. The minimum atomic E-state index is -0.326. The fourth-order valence-electron chi connectivity index (χ4n) is 4.48. The number of quaternary nitrogens is 3. The third-order valence-electron chi connectivity index (χ3n) is 6.53. The van der Waals surface area contributed by atoms with E-state index in [0.717, 1.165) is 77.9 Å². The number of nitrogens with one attached hydrogen (secondary N) is 3. The molecular weight excluding hydrogens is 374 g/mol. The lowest BCUT2D eigenvalue weighted by atomic mass is 10.3. The van der Waals surface area contributed by atoms with Crippen molar-refractivity contribution in [3.63, 3.8) is 0 Å². The first kappa shape index (κ1) is 20.3. The number of piperazine rings is 1. The summed E-state index contributed by atoms with van der Waals surface area (Å²) >= 11 is 0. The first-order valence-corrected chi connectivity index (χ1v) is 10.7. The van der Waals surface area contributed by atoms with Gasteiger partial charge in [-0.2, -0.15) is 0 Å². The Morgan fingerprint density at radius 3 is 2.34 bits per heavy atom. The van der Waals surface area contributed by atoms with E-state index < -0.39 is 0 Å². The summed E-state index contributed by atoms with van der Waals surface area (Å²) in [5.41, 5.74) is 0.477. The average Bonchev–Trinajstić information content (AvgIpc) is 3.10. The van der Waals surface area contributed by atoms with Crippen molar-refractivity contribution >= 4 is 11.2 Å². The number of aryl methyl sites for hydroxylation is 1. The van der Waals surface area contributed by atoms with E-state index in [4.69, 9.17) is 9.72 Å². The maximum absolute atomic E-state index is 13.0. The first-order chi connectivity index (χ1) is 14.0. The third kappa shape index (κ3) is 4.02. The van der Waals surface area contributed by atoms with Crippen molar-refractivity contribution in [3.8, 4) is 0 Å². The molecule has 0 bridgehead atoms. The summed E-state index contributed by atoms with van der Waals surface area (Å²) in [5, 5.41) is 0. The fraction of sp³-hybridized carbons (Fsp3) is 0.737. The Labute approximate surface area is 169 Å². The van der Waals surface area contributed by atoms with E-state index in [1.54, 1.807) is 19.0 Å². The van der Waals surface area contributed by atoms with Gasteiger partial charge in [0, 0.05) is 14.1 Å². The van der Waals surface area contributed by atoms with Crippen LogP contribution in [0.5, 0.6) is 0 Å². The fourth-order valence-corrected chi connectivity index (χ4v) is 4.48. The van der Waals surface area contributed by atoms with Gasteiger partial charge in [0.1, 0.15) is 45.8 Å². The topological polar surface area (TPSA) is 84.4 Å². The number of morpholine rings is 1. The zero-order chi connectivity index (χ0) is 20.5. The largest absolute Gasteiger partial charge is 0.370 e. The van der Waals surface area contributed by atoms with Crippen molar-refractivity contribution in [2.24, 2.45) is 14.1 Å². The minimum Gasteiger partial charge on any atom is -0.370 e. The molecule has 2 aliphatic rings. The second-order valence-corrected chi connectivity index (χ2v) is 8.55. The molecule has 29 heavy (non-hydrogen) atoms. The smallest absolute Gasteiger partial charge is 0.332 e. The first-order valence-electron chi connectivity index (χ1n) is 10.7. The SMILES string of the molecule is Cn1c(=O)c2c(nc(C[NH+]3CC[NH+](C)CC3)n2CC[NH+]2CCOCC2)n(C)c1=O. The number of fused-ring (bicyclic) bond motifs is 1. The molecular formula is C19H34N7O3+3. The van der Waals surface area contributed by atoms with Crippen LogP contribution in [0.15, 0.2) is 9.59 Å². The number of rotatable bonds is 5. The van der Waals surface area contributed by atoms with Crippen molar-refractivity contribution in [1.82, 2.24) is 18.7 Å².